The van der Waals surface area contributed by atoms with Gasteiger partial charge in [-0.3, -0.25) is 19.3 Å². The number of amides is 3. The topological polar surface area (TPSA) is 92.5 Å². The number of hydrogen-bond donors (Lipinski definition) is 2. The lowest BCUT2D eigenvalue weighted by Gasteiger charge is -2.22. The van der Waals surface area contributed by atoms with E-state index in [2.05, 4.69) is 5.32 Å². The van der Waals surface area contributed by atoms with E-state index >= 15 is 0 Å². The third-order valence-electron chi connectivity index (χ3n) is 3.43. The summed E-state index contributed by atoms with van der Waals surface area (Å²) >= 11 is 0. The van der Waals surface area contributed by atoms with Crippen molar-refractivity contribution in [3.63, 3.8) is 0 Å². The van der Waals surface area contributed by atoms with Crippen molar-refractivity contribution in [3.05, 3.63) is 29.3 Å². The van der Waals surface area contributed by atoms with Crippen LogP contribution in [0.3, 0.4) is 0 Å². The van der Waals surface area contributed by atoms with E-state index in [1.165, 1.54) is 6.92 Å². The molecule has 6 nitrogen and oxygen atoms in total. The minimum atomic E-state index is -0.865. The number of nitrogens with zero attached hydrogens (tertiary/aromatic N) is 1. The summed E-state index contributed by atoms with van der Waals surface area (Å²) in [6.45, 7) is 5.96. The largest absolute Gasteiger partial charge is 0.398 e. The molecule has 3 amide bonds. The van der Waals surface area contributed by atoms with Crippen LogP contribution in [0, 0.1) is 5.92 Å². The normalized spacial score (nSPS) is 15.3. The van der Waals surface area contributed by atoms with Crippen molar-refractivity contribution in [2.45, 2.75) is 26.8 Å². The predicted octanol–water partition coefficient (Wildman–Crippen LogP) is 1.03. The Bertz CT molecular complexity index is 610. The van der Waals surface area contributed by atoms with Gasteiger partial charge in [-0.25, -0.2) is 0 Å². The Hall–Kier alpha value is -2.37. The first-order chi connectivity index (χ1) is 9.84. The predicted molar refractivity (Wildman–Crippen MR) is 78.7 cm³/mol. The molecule has 0 bridgehead atoms. The molecule has 0 aromatic heterocycles. The van der Waals surface area contributed by atoms with Crippen LogP contribution in [0.15, 0.2) is 18.2 Å². The molecule has 1 aromatic carbocycles. The van der Waals surface area contributed by atoms with E-state index in [0.29, 0.717) is 12.5 Å². The standard InChI is InChI=1S/C15H19N3O3/c1-8(2)7-17-13(19)9(3)18-14(20)10-5-4-6-11(16)12(10)15(18)21/h4-6,8-9H,7,16H2,1-3H3,(H,17,19). The molecule has 0 fully saturated rings. The number of nitrogens with two attached hydrogens (primary N) is 1. The highest BCUT2D eigenvalue weighted by Crippen LogP contribution is 2.28. The monoisotopic (exact) mass is 289 g/mol. The number of carbonyl (C=O) groups excluding carboxylic acids is 3. The summed E-state index contributed by atoms with van der Waals surface area (Å²) < 4.78 is 0. The molecule has 1 aromatic rings. The van der Waals surface area contributed by atoms with Crippen LogP contribution in [0.1, 0.15) is 41.5 Å². The van der Waals surface area contributed by atoms with Crippen LogP contribution in [0.4, 0.5) is 5.69 Å². The highest BCUT2D eigenvalue weighted by molar-refractivity contribution is 6.24. The van der Waals surface area contributed by atoms with Gasteiger partial charge in [0, 0.05) is 12.2 Å². The van der Waals surface area contributed by atoms with Crippen molar-refractivity contribution in [3.8, 4) is 0 Å². The molecule has 1 aliphatic heterocycles. The van der Waals surface area contributed by atoms with Crippen molar-refractivity contribution in [1.82, 2.24) is 10.2 Å². The number of fused-ring (bicyclic) bond motifs is 1. The molecular weight excluding hydrogens is 270 g/mol. The van der Waals surface area contributed by atoms with E-state index in [4.69, 9.17) is 5.73 Å². The van der Waals surface area contributed by atoms with Crippen LogP contribution < -0.4 is 11.1 Å². The van der Waals surface area contributed by atoms with E-state index in [1.807, 2.05) is 13.8 Å². The van der Waals surface area contributed by atoms with Gasteiger partial charge in [-0.15, -0.1) is 0 Å². The van der Waals surface area contributed by atoms with Crippen molar-refractivity contribution < 1.29 is 14.4 Å². The molecule has 6 heteroatoms. The quantitative estimate of drug-likeness (QED) is 0.639. The maximum absolute atomic E-state index is 12.4. The Morgan fingerprint density at radius 1 is 1.24 bits per heavy atom. The Kier molecular flexibility index (Phi) is 3.97. The molecule has 21 heavy (non-hydrogen) atoms. The third-order valence-corrected chi connectivity index (χ3v) is 3.43. The van der Waals surface area contributed by atoms with E-state index in [0.717, 1.165) is 4.90 Å². The Morgan fingerprint density at radius 2 is 1.90 bits per heavy atom. The highest BCUT2D eigenvalue weighted by Gasteiger charge is 2.41. The number of nitrogens with one attached hydrogen (secondary N) is 1. The zero-order valence-electron chi connectivity index (χ0n) is 12.3. The molecule has 0 radical (unpaired) electrons. The zero-order chi connectivity index (χ0) is 15.7. The lowest BCUT2D eigenvalue weighted by molar-refractivity contribution is -0.124. The van der Waals surface area contributed by atoms with Crippen LogP contribution in [0.5, 0.6) is 0 Å². The van der Waals surface area contributed by atoms with Crippen LogP contribution in [0.2, 0.25) is 0 Å². The highest BCUT2D eigenvalue weighted by atomic mass is 16.2. The summed E-state index contributed by atoms with van der Waals surface area (Å²) in [5, 5.41) is 2.72. The molecule has 1 heterocycles. The lowest BCUT2D eigenvalue weighted by Crippen LogP contribution is -2.48. The molecule has 0 spiro atoms. The maximum atomic E-state index is 12.4. The maximum Gasteiger partial charge on any atom is 0.264 e. The van der Waals surface area contributed by atoms with Crippen LogP contribution >= 0.6 is 0 Å². The lowest BCUT2D eigenvalue weighted by atomic mass is 10.1. The first kappa shape index (κ1) is 15.0. The fraction of sp³-hybridized carbons (Fsp3) is 0.400. The summed E-state index contributed by atoms with van der Waals surface area (Å²) in [7, 11) is 0. The summed E-state index contributed by atoms with van der Waals surface area (Å²) in [5.41, 5.74) is 6.45. The van der Waals surface area contributed by atoms with Gasteiger partial charge in [-0.05, 0) is 25.0 Å². The fourth-order valence-electron chi connectivity index (χ4n) is 2.25. The molecule has 1 unspecified atom stereocenters. The molecule has 0 saturated heterocycles. The molecule has 1 atom stereocenters. The Labute approximate surface area is 123 Å². The summed E-state index contributed by atoms with van der Waals surface area (Å²) in [6, 6.07) is 3.86. The van der Waals surface area contributed by atoms with E-state index in [-0.39, 0.29) is 22.7 Å². The van der Waals surface area contributed by atoms with Gasteiger partial charge in [0.05, 0.1) is 11.1 Å². The van der Waals surface area contributed by atoms with Crippen molar-refractivity contribution in [2.24, 2.45) is 5.92 Å². The molecule has 1 aliphatic rings. The molecule has 0 aliphatic carbocycles. The van der Waals surface area contributed by atoms with Gasteiger partial charge in [0.1, 0.15) is 6.04 Å². The first-order valence-corrected chi connectivity index (χ1v) is 6.88. The van der Waals surface area contributed by atoms with Gasteiger partial charge >= 0.3 is 0 Å². The average Bonchev–Trinajstić information content (AvgIpc) is 2.68. The SMILES string of the molecule is CC(C)CNC(=O)C(C)N1C(=O)c2cccc(N)c2C1=O. The second-order valence-electron chi connectivity index (χ2n) is 5.57. The van der Waals surface area contributed by atoms with Crippen LogP contribution in [-0.2, 0) is 4.79 Å². The molecule has 3 N–H and O–H groups in total. The second kappa shape index (κ2) is 5.55. The van der Waals surface area contributed by atoms with Gasteiger partial charge < -0.3 is 11.1 Å². The molecular formula is C15H19N3O3. The van der Waals surface area contributed by atoms with E-state index < -0.39 is 17.9 Å². The minimum absolute atomic E-state index is 0.186. The Morgan fingerprint density at radius 3 is 2.48 bits per heavy atom. The number of rotatable bonds is 4. The molecule has 112 valence electrons. The minimum Gasteiger partial charge on any atom is -0.398 e. The summed E-state index contributed by atoms with van der Waals surface area (Å²) in [4.78, 5) is 37.7. The van der Waals surface area contributed by atoms with E-state index in [9.17, 15) is 14.4 Å². The van der Waals surface area contributed by atoms with Gasteiger partial charge in [-0.2, -0.15) is 0 Å². The number of benzene rings is 1. The van der Waals surface area contributed by atoms with Gasteiger partial charge in [0.2, 0.25) is 5.91 Å². The third kappa shape index (κ3) is 2.61. The Balaban J connectivity index is 2.23. The van der Waals surface area contributed by atoms with Crippen LogP contribution in [0.25, 0.3) is 0 Å². The second-order valence-corrected chi connectivity index (χ2v) is 5.57. The van der Waals surface area contributed by atoms with Gasteiger partial charge in [0.25, 0.3) is 11.8 Å². The number of imide groups is 1. The summed E-state index contributed by atoms with van der Waals surface area (Å²) in [6.07, 6.45) is 0. The molecule has 2 rings (SSSR count). The van der Waals surface area contributed by atoms with Crippen molar-refractivity contribution >= 4 is 23.4 Å². The van der Waals surface area contributed by atoms with Crippen molar-refractivity contribution in [2.75, 3.05) is 12.3 Å². The van der Waals surface area contributed by atoms with E-state index in [1.54, 1.807) is 18.2 Å². The van der Waals surface area contributed by atoms with Gasteiger partial charge in [-0.1, -0.05) is 19.9 Å². The number of nitrogen functional groups attached to an aromatic ring is 1. The zero-order valence-corrected chi connectivity index (χ0v) is 12.3. The summed E-state index contributed by atoms with van der Waals surface area (Å²) in [5.74, 6) is -1.05. The first-order valence-electron chi connectivity index (χ1n) is 6.88. The number of carbonyl (C=O) groups is 3. The number of hydrogen-bond acceptors (Lipinski definition) is 4. The average molecular weight is 289 g/mol. The van der Waals surface area contributed by atoms with Gasteiger partial charge in [0.15, 0.2) is 0 Å². The van der Waals surface area contributed by atoms with Crippen molar-refractivity contribution in [1.29, 1.82) is 0 Å². The molecule has 0 saturated carbocycles. The van der Waals surface area contributed by atoms with Crippen LogP contribution in [-0.4, -0.2) is 35.2 Å². The smallest absolute Gasteiger partial charge is 0.264 e. The number of anilines is 1. The fourth-order valence-corrected chi connectivity index (χ4v) is 2.25.